The number of amides is 1. The summed E-state index contributed by atoms with van der Waals surface area (Å²) in [4.78, 5) is 18.4. The predicted octanol–water partition coefficient (Wildman–Crippen LogP) is 2.48. The van der Waals surface area contributed by atoms with E-state index < -0.39 is 0 Å². The second-order valence-corrected chi connectivity index (χ2v) is 7.52. The minimum absolute atomic E-state index is 0.0277. The van der Waals surface area contributed by atoms with Crippen LogP contribution in [0.25, 0.3) is 5.65 Å². The van der Waals surface area contributed by atoms with Crippen molar-refractivity contribution in [1.29, 1.82) is 0 Å². The van der Waals surface area contributed by atoms with Gasteiger partial charge in [-0.2, -0.15) is 9.61 Å². The molecule has 1 aliphatic heterocycles. The molecule has 4 heterocycles. The molecule has 5 rings (SSSR count). The first-order valence-corrected chi connectivity index (χ1v) is 9.63. The monoisotopic (exact) mass is 354 g/mol. The lowest BCUT2D eigenvalue weighted by molar-refractivity contribution is 0.0705. The highest BCUT2D eigenvalue weighted by molar-refractivity contribution is 7.07. The molecule has 1 aliphatic carbocycles. The van der Waals surface area contributed by atoms with Crippen LogP contribution in [0, 0.1) is 0 Å². The van der Waals surface area contributed by atoms with Gasteiger partial charge in [0.25, 0.3) is 5.91 Å². The van der Waals surface area contributed by atoms with Crippen LogP contribution in [0.5, 0.6) is 0 Å². The zero-order valence-corrected chi connectivity index (χ0v) is 14.5. The van der Waals surface area contributed by atoms with Gasteiger partial charge in [-0.1, -0.05) is 0 Å². The molecule has 128 valence electrons. The first kappa shape index (κ1) is 14.9. The fraction of sp³-hybridized carbons (Fsp3) is 0.471. The Bertz CT molecular complexity index is 909. The third-order valence-electron chi connectivity index (χ3n) is 5.10. The first-order chi connectivity index (χ1) is 12.3. The van der Waals surface area contributed by atoms with Gasteiger partial charge >= 0.3 is 0 Å². The molecule has 8 heteroatoms. The normalized spacial score (nSPS) is 18.8. The quantitative estimate of drug-likeness (QED) is 0.722. The molecule has 3 aromatic rings. The van der Waals surface area contributed by atoms with Crippen molar-refractivity contribution in [2.45, 2.75) is 37.5 Å². The van der Waals surface area contributed by atoms with Crippen molar-refractivity contribution in [2.24, 2.45) is 0 Å². The van der Waals surface area contributed by atoms with Gasteiger partial charge in [-0.05, 0) is 37.8 Å². The Morgan fingerprint density at radius 2 is 1.92 bits per heavy atom. The van der Waals surface area contributed by atoms with E-state index in [2.05, 4.69) is 21.2 Å². The van der Waals surface area contributed by atoms with E-state index in [1.807, 2.05) is 20.9 Å². The lowest BCUT2D eigenvalue weighted by Gasteiger charge is -2.30. The van der Waals surface area contributed by atoms with Gasteiger partial charge in [-0.3, -0.25) is 4.79 Å². The maximum atomic E-state index is 12.4. The van der Waals surface area contributed by atoms with E-state index in [1.54, 1.807) is 5.51 Å². The van der Waals surface area contributed by atoms with Gasteiger partial charge in [-0.25, -0.2) is 4.98 Å². The van der Waals surface area contributed by atoms with Gasteiger partial charge in [0.2, 0.25) is 0 Å². The Hall–Kier alpha value is -2.35. The lowest BCUT2D eigenvalue weighted by Crippen LogP contribution is -2.38. The molecule has 0 aromatic carbocycles. The zero-order chi connectivity index (χ0) is 16.8. The van der Waals surface area contributed by atoms with Gasteiger partial charge in [0.15, 0.2) is 11.5 Å². The van der Waals surface area contributed by atoms with Crippen molar-refractivity contribution >= 4 is 22.9 Å². The van der Waals surface area contributed by atoms with E-state index in [-0.39, 0.29) is 11.8 Å². The lowest BCUT2D eigenvalue weighted by atomic mass is 9.96. The van der Waals surface area contributed by atoms with E-state index in [0.29, 0.717) is 11.6 Å². The molecule has 0 radical (unpaired) electrons. The minimum atomic E-state index is 0.0277. The Morgan fingerprint density at radius 1 is 1.08 bits per heavy atom. The molecule has 2 aliphatic rings. The molecule has 0 unspecified atom stereocenters. The van der Waals surface area contributed by atoms with Crippen LogP contribution < -0.4 is 0 Å². The summed E-state index contributed by atoms with van der Waals surface area (Å²) in [5, 5.41) is 15.2. The molecular formula is C17H18N6OS. The summed E-state index contributed by atoms with van der Waals surface area (Å²) in [6.45, 7) is 1.44. The number of piperidine rings is 1. The number of fused-ring (bicyclic) bond motifs is 1. The Labute approximate surface area is 148 Å². The number of rotatable bonds is 3. The number of aromatic nitrogens is 5. The van der Waals surface area contributed by atoms with Crippen LogP contribution in [0.15, 0.2) is 23.0 Å². The molecule has 3 aromatic heterocycles. The largest absolute Gasteiger partial charge is 0.337 e. The van der Waals surface area contributed by atoms with Crippen molar-refractivity contribution in [3.8, 4) is 0 Å². The summed E-state index contributed by atoms with van der Waals surface area (Å²) in [6, 6.07) is 4.08. The second-order valence-electron chi connectivity index (χ2n) is 6.80. The van der Waals surface area contributed by atoms with Crippen LogP contribution in [0.1, 0.15) is 59.5 Å². The summed E-state index contributed by atoms with van der Waals surface area (Å²) >= 11 is 1.45. The summed E-state index contributed by atoms with van der Waals surface area (Å²) in [5.41, 5.74) is 4.20. The average molecular weight is 354 g/mol. The summed E-state index contributed by atoms with van der Waals surface area (Å²) < 4.78 is 1.91. The van der Waals surface area contributed by atoms with Crippen LogP contribution in [0.2, 0.25) is 0 Å². The maximum absolute atomic E-state index is 12.4. The van der Waals surface area contributed by atoms with Crippen LogP contribution in [0.4, 0.5) is 0 Å². The van der Waals surface area contributed by atoms with E-state index in [1.165, 1.54) is 24.2 Å². The predicted molar refractivity (Wildman–Crippen MR) is 92.7 cm³/mol. The summed E-state index contributed by atoms with van der Waals surface area (Å²) in [7, 11) is 0. The smallest absolute Gasteiger partial charge is 0.273 e. The Morgan fingerprint density at radius 3 is 2.64 bits per heavy atom. The number of hydrogen-bond acceptors (Lipinski definition) is 6. The fourth-order valence-corrected chi connectivity index (χ4v) is 4.02. The van der Waals surface area contributed by atoms with Gasteiger partial charge in [-0.15, -0.1) is 21.5 Å². The van der Waals surface area contributed by atoms with Crippen LogP contribution in [-0.4, -0.2) is 48.7 Å². The first-order valence-electron chi connectivity index (χ1n) is 8.69. The zero-order valence-electron chi connectivity index (χ0n) is 13.7. The molecule has 7 nitrogen and oxygen atoms in total. The van der Waals surface area contributed by atoms with Gasteiger partial charge in [0, 0.05) is 30.3 Å². The minimum Gasteiger partial charge on any atom is -0.337 e. The highest BCUT2D eigenvalue weighted by atomic mass is 32.1. The highest BCUT2D eigenvalue weighted by Crippen LogP contribution is 2.39. The summed E-state index contributed by atoms with van der Waals surface area (Å²) in [6.07, 6.45) is 4.22. The van der Waals surface area contributed by atoms with Crippen molar-refractivity contribution in [3.63, 3.8) is 0 Å². The van der Waals surface area contributed by atoms with E-state index >= 15 is 0 Å². The molecule has 25 heavy (non-hydrogen) atoms. The van der Waals surface area contributed by atoms with Crippen molar-refractivity contribution < 1.29 is 4.79 Å². The third-order valence-corrected chi connectivity index (χ3v) is 5.69. The number of carbonyl (C=O) groups is 1. The van der Waals surface area contributed by atoms with E-state index in [4.69, 9.17) is 5.10 Å². The van der Waals surface area contributed by atoms with E-state index in [9.17, 15) is 4.79 Å². The molecule has 1 saturated carbocycles. The number of hydrogen-bond donors (Lipinski definition) is 0. The Balaban J connectivity index is 1.34. The van der Waals surface area contributed by atoms with Crippen LogP contribution in [0.3, 0.4) is 0 Å². The fourth-order valence-electron chi connectivity index (χ4n) is 3.49. The topological polar surface area (TPSA) is 76.3 Å². The molecular weight excluding hydrogens is 336 g/mol. The highest BCUT2D eigenvalue weighted by Gasteiger charge is 2.30. The molecule has 0 spiro atoms. The number of nitrogens with zero attached hydrogens (tertiary/aromatic N) is 6. The van der Waals surface area contributed by atoms with Crippen molar-refractivity contribution in [3.05, 3.63) is 40.2 Å². The standard InChI is InChI=1S/C17H18N6OS/c24-17(14-9-25-10-18-14)22-7-5-12(6-8-22)16-20-19-15-4-3-13(11-1-2-11)21-23(15)16/h3-4,9-12H,1-2,5-8H2. The average Bonchev–Trinajstić information content (AvgIpc) is 3.20. The molecule has 0 atom stereocenters. The number of thiazole rings is 1. The maximum Gasteiger partial charge on any atom is 0.273 e. The number of carbonyl (C=O) groups excluding carboxylic acids is 1. The molecule has 0 bridgehead atoms. The molecule has 1 amide bonds. The van der Waals surface area contributed by atoms with E-state index in [0.717, 1.165) is 43.1 Å². The van der Waals surface area contributed by atoms with Crippen LogP contribution in [-0.2, 0) is 0 Å². The third kappa shape index (κ3) is 2.70. The Kier molecular flexibility index (Phi) is 3.51. The second kappa shape index (κ2) is 5.87. The molecule has 0 N–H and O–H groups in total. The van der Waals surface area contributed by atoms with Gasteiger partial charge in [0.1, 0.15) is 5.69 Å². The van der Waals surface area contributed by atoms with Crippen LogP contribution >= 0.6 is 11.3 Å². The van der Waals surface area contributed by atoms with Gasteiger partial charge < -0.3 is 4.90 Å². The van der Waals surface area contributed by atoms with Crippen molar-refractivity contribution in [2.75, 3.05) is 13.1 Å². The molecule has 1 saturated heterocycles. The van der Waals surface area contributed by atoms with Gasteiger partial charge in [0.05, 0.1) is 11.2 Å². The van der Waals surface area contributed by atoms with Crippen molar-refractivity contribution in [1.82, 2.24) is 29.7 Å². The summed E-state index contributed by atoms with van der Waals surface area (Å²) in [5.74, 6) is 1.85. The molecule has 2 fully saturated rings. The number of likely N-dealkylation sites (tertiary alicyclic amines) is 1. The SMILES string of the molecule is O=C(c1cscn1)N1CCC(c2nnc3ccc(C4CC4)nn23)CC1.